The van der Waals surface area contributed by atoms with Crippen LogP contribution in [-0.4, -0.2) is 13.1 Å². The van der Waals surface area contributed by atoms with Crippen molar-refractivity contribution < 1.29 is 4.42 Å². The van der Waals surface area contributed by atoms with Gasteiger partial charge in [0.1, 0.15) is 5.76 Å². The van der Waals surface area contributed by atoms with Crippen molar-refractivity contribution in [1.29, 1.82) is 0 Å². The molecule has 1 unspecified atom stereocenters. The minimum atomic E-state index is 0.437. The van der Waals surface area contributed by atoms with Gasteiger partial charge in [-0.05, 0) is 24.1 Å². The summed E-state index contributed by atoms with van der Waals surface area (Å²) in [6.07, 6.45) is 2.81. The lowest BCUT2D eigenvalue weighted by atomic mass is 10.0. The fraction of sp³-hybridized carbons (Fsp3) is 0.375. The van der Waals surface area contributed by atoms with Crippen LogP contribution >= 0.6 is 0 Å². The zero-order valence-electron chi connectivity index (χ0n) is 11.4. The molecular weight excluding hydrogens is 236 g/mol. The molecule has 1 aromatic carbocycles. The molecule has 1 aromatic heterocycles. The molecule has 0 radical (unpaired) electrons. The Morgan fingerprint density at radius 1 is 1.05 bits per heavy atom. The summed E-state index contributed by atoms with van der Waals surface area (Å²) in [7, 11) is 0. The highest BCUT2D eigenvalue weighted by Gasteiger charge is 2.06. The van der Waals surface area contributed by atoms with Crippen LogP contribution in [0.3, 0.4) is 0 Å². The summed E-state index contributed by atoms with van der Waals surface area (Å²) in [5.41, 5.74) is 1.36. The molecular formula is C16H22N2O. The van der Waals surface area contributed by atoms with E-state index in [4.69, 9.17) is 4.42 Å². The van der Waals surface area contributed by atoms with Crippen molar-refractivity contribution in [2.45, 2.75) is 25.9 Å². The third-order valence-electron chi connectivity index (χ3n) is 3.18. The Morgan fingerprint density at radius 2 is 1.89 bits per heavy atom. The first-order valence-electron chi connectivity index (χ1n) is 6.91. The fourth-order valence-corrected chi connectivity index (χ4v) is 2.14. The van der Waals surface area contributed by atoms with Crippen molar-refractivity contribution in [2.75, 3.05) is 13.1 Å². The lowest BCUT2D eigenvalue weighted by Gasteiger charge is -2.17. The third kappa shape index (κ3) is 4.54. The molecule has 0 saturated carbocycles. The first-order valence-corrected chi connectivity index (χ1v) is 6.91. The Kier molecular flexibility index (Phi) is 5.66. The molecule has 2 N–H and O–H groups in total. The second-order valence-electron chi connectivity index (χ2n) is 4.58. The van der Waals surface area contributed by atoms with Gasteiger partial charge in [-0.15, -0.1) is 0 Å². The molecule has 0 amide bonds. The van der Waals surface area contributed by atoms with E-state index in [-0.39, 0.29) is 0 Å². The van der Waals surface area contributed by atoms with Gasteiger partial charge < -0.3 is 15.1 Å². The highest BCUT2D eigenvalue weighted by Crippen LogP contribution is 2.15. The summed E-state index contributed by atoms with van der Waals surface area (Å²) in [6, 6.07) is 14.9. The number of rotatable bonds is 8. The minimum Gasteiger partial charge on any atom is -0.468 e. The maximum absolute atomic E-state index is 5.27. The highest BCUT2D eigenvalue weighted by molar-refractivity contribution is 5.18. The van der Waals surface area contributed by atoms with Crippen LogP contribution in [0.25, 0.3) is 0 Å². The van der Waals surface area contributed by atoms with E-state index >= 15 is 0 Å². The fourth-order valence-electron chi connectivity index (χ4n) is 2.14. The van der Waals surface area contributed by atoms with Crippen LogP contribution < -0.4 is 10.6 Å². The van der Waals surface area contributed by atoms with Crippen molar-refractivity contribution in [3.05, 3.63) is 60.1 Å². The smallest absolute Gasteiger partial charge is 0.117 e. The lowest BCUT2D eigenvalue weighted by Crippen LogP contribution is -2.29. The predicted octanol–water partition coefficient (Wildman–Crippen LogP) is 3.11. The Balaban J connectivity index is 1.66. The number of nitrogens with one attached hydrogen (secondary N) is 2. The van der Waals surface area contributed by atoms with Gasteiger partial charge in [-0.25, -0.2) is 0 Å². The SMILES string of the molecule is CCC(NCCNCc1ccco1)c1ccccc1. The number of furan rings is 1. The first-order chi connectivity index (χ1) is 9.40. The zero-order valence-corrected chi connectivity index (χ0v) is 11.4. The number of hydrogen-bond acceptors (Lipinski definition) is 3. The van der Waals surface area contributed by atoms with Crippen LogP contribution in [0.2, 0.25) is 0 Å². The Morgan fingerprint density at radius 3 is 2.58 bits per heavy atom. The summed E-state index contributed by atoms with van der Waals surface area (Å²) in [5.74, 6) is 0.982. The maximum Gasteiger partial charge on any atom is 0.117 e. The van der Waals surface area contributed by atoms with Crippen LogP contribution in [0, 0.1) is 0 Å². The van der Waals surface area contributed by atoms with E-state index in [1.54, 1.807) is 6.26 Å². The zero-order chi connectivity index (χ0) is 13.3. The van der Waals surface area contributed by atoms with Crippen LogP contribution in [0.15, 0.2) is 53.1 Å². The van der Waals surface area contributed by atoms with Gasteiger partial charge in [0.05, 0.1) is 12.8 Å². The molecule has 102 valence electrons. The predicted molar refractivity (Wildman–Crippen MR) is 77.9 cm³/mol. The van der Waals surface area contributed by atoms with Gasteiger partial charge in [0, 0.05) is 19.1 Å². The van der Waals surface area contributed by atoms with Crippen LogP contribution in [0.5, 0.6) is 0 Å². The summed E-state index contributed by atoms with van der Waals surface area (Å²) >= 11 is 0. The van der Waals surface area contributed by atoms with E-state index < -0.39 is 0 Å². The quantitative estimate of drug-likeness (QED) is 0.714. The molecule has 0 aliphatic rings. The van der Waals surface area contributed by atoms with E-state index in [2.05, 4.69) is 47.9 Å². The summed E-state index contributed by atoms with van der Waals surface area (Å²) in [6.45, 7) is 4.88. The van der Waals surface area contributed by atoms with Crippen molar-refractivity contribution in [3.63, 3.8) is 0 Å². The normalized spacial score (nSPS) is 12.5. The molecule has 19 heavy (non-hydrogen) atoms. The van der Waals surface area contributed by atoms with Crippen LogP contribution in [-0.2, 0) is 6.54 Å². The Labute approximate surface area is 115 Å². The molecule has 2 aromatic rings. The molecule has 3 heteroatoms. The van der Waals surface area contributed by atoms with Crippen LogP contribution in [0.1, 0.15) is 30.7 Å². The third-order valence-corrected chi connectivity index (χ3v) is 3.18. The highest BCUT2D eigenvalue weighted by atomic mass is 16.3. The molecule has 1 atom stereocenters. The number of hydrogen-bond donors (Lipinski definition) is 2. The average molecular weight is 258 g/mol. The van der Waals surface area contributed by atoms with E-state index in [0.717, 1.165) is 31.8 Å². The Bertz CT molecular complexity index is 439. The lowest BCUT2D eigenvalue weighted by molar-refractivity contribution is 0.466. The van der Waals surface area contributed by atoms with Gasteiger partial charge in [0.25, 0.3) is 0 Å². The topological polar surface area (TPSA) is 37.2 Å². The van der Waals surface area contributed by atoms with E-state index in [1.807, 2.05) is 12.1 Å². The molecule has 3 nitrogen and oxygen atoms in total. The minimum absolute atomic E-state index is 0.437. The molecule has 0 saturated heterocycles. The average Bonchev–Trinajstić information content (AvgIpc) is 2.97. The van der Waals surface area contributed by atoms with Gasteiger partial charge in [-0.2, -0.15) is 0 Å². The van der Waals surface area contributed by atoms with Gasteiger partial charge in [-0.1, -0.05) is 37.3 Å². The van der Waals surface area contributed by atoms with Crippen LogP contribution in [0.4, 0.5) is 0 Å². The van der Waals surface area contributed by atoms with Crippen molar-refractivity contribution in [2.24, 2.45) is 0 Å². The maximum atomic E-state index is 5.27. The summed E-state index contributed by atoms with van der Waals surface area (Å²) in [4.78, 5) is 0. The molecule has 1 heterocycles. The monoisotopic (exact) mass is 258 g/mol. The number of benzene rings is 1. The summed E-state index contributed by atoms with van der Waals surface area (Å²) in [5, 5.41) is 6.94. The molecule has 0 spiro atoms. The van der Waals surface area contributed by atoms with Gasteiger partial charge >= 0.3 is 0 Å². The summed E-state index contributed by atoms with van der Waals surface area (Å²) < 4.78 is 5.27. The standard InChI is InChI=1S/C16H22N2O/c1-2-16(14-7-4-3-5-8-14)18-11-10-17-13-15-9-6-12-19-15/h3-9,12,16-18H,2,10-11,13H2,1H3. The molecule has 0 aliphatic heterocycles. The van der Waals surface area contributed by atoms with Gasteiger partial charge in [-0.3, -0.25) is 0 Å². The first kappa shape index (κ1) is 13.8. The van der Waals surface area contributed by atoms with Crippen molar-refractivity contribution >= 4 is 0 Å². The molecule has 0 aliphatic carbocycles. The second kappa shape index (κ2) is 7.77. The second-order valence-corrected chi connectivity index (χ2v) is 4.58. The molecule has 0 bridgehead atoms. The van der Waals surface area contributed by atoms with Gasteiger partial charge in [0.15, 0.2) is 0 Å². The largest absolute Gasteiger partial charge is 0.468 e. The molecule has 0 fully saturated rings. The van der Waals surface area contributed by atoms with E-state index in [9.17, 15) is 0 Å². The van der Waals surface area contributed by atoms with Crippen molar-refractivity contribution in [1.82, 2.24) is 10.6 Å². The van der Waals surface area contributed by atoms with E-state index in [0.29, 0.717) is 6.04 Å². The Hall–Kier alpha value is -1.58. The van der Waals surface area contributed by atoms with Gasteiger partial charge in [0.2, 0.25) is 0 Å². The molecule has 2 rings (SSSR count). The van der Waals surface area contributed by atoms with Crippen molar-refractivity contribution in [3.8, 4) is 0 Å². The van der Waals surface area contributed by atoms with E-state index in [1.165, 1.54) is 5.56 Å².